The van der Waals surface area contributed by atoms with E-state index in [4.69, 9.17) is 15.7 Å². The van der Waals surface area contributed by atoms with Gasteiger partial charge in [0.1, 0.15) is 11.5 Å². The van der Waals surface area contributed by atoms with Crippen molar-refractivity contribution < 1.29 is 9.13 Å². The molecule has 0 unspecified atom stereocenters. The minimum Gasteiger partial charge on any atom is -0.378 e. The molecular formula is C21H17FN8O. The average molecular weight is 416 g/mol. The van der Waals surface area contributed by atoms with Crippen molar-refractivity contribution in [3.05, 3.63) is 71.4 Å². The Morgan fingerprint density at radius 1 is 1.06 bits per heavy atom. The molecule has 0 spiro atoms. The number of nitrogens with two attached hydrogens (primary N) is 1. The van der Waals surface area contributed by atoms with Gasteiger partial charge in [0.05, 0.1) is 53.8 Å². The maximum atomic E-state index is 14.3. The summed E-state index contributed by atoms with van der Waals surface area (Å²) in [5.74, 6) is -0.563. The highest BCUT2D eigenvalue weighted by Gasteiger charge is 2.14. The Morgan fingerprint density at radius 3 is 2.68 bits per heavy atom. The number of rotatable bonds is 6. The fourth-order valence-corrected chi connectivity index (χ4v) is 3.03. The van der Waals surface area contributed by atoms with Gasteiger partial charge in [-0.25, -0.2) is 19.0 Å². The first-order valence-electron chi connectivity index (χ1n) is 9.24. The van der Waals surface area contributed by atoms with E-state index in [-0.39, 0.29) is 17.2 Å². The van der Waals surface area contributed by atoms with Crippen molar-refractivity contribution in [1.29, 1.82) is 5.26 Å². The SMILES string of the molecule is COCc1cccc(Cn2cc(-c3cc(-c4cc(C#N)ccc4F)nc(N)n3)nn2)n1. The number of aromatic nitrogens is 6. The lowest BCUT2D eigenvalue weighted by atomic mass is 10.1. The zero-order chi connectivity index (χ0) is 21.8. The first kappa shape index (κ1) is 20.1. The Hall–Kier alpha value is -4.23. The highest BCUT2D eigenvalue weighted by atomic mass is 19.1. The van der Waals surface area contributed by atoms with Gasteiger partial charge in [-0.3, -0.25) is 4.98 Å². The Bertz CT molecular complexity index is 1280. The molecule has 3 aromatic heterocycles. The van der Waals surface area contributed by atoms with E-state index >= 15 is 0 Å². The number of ether oxygens (including phenoxy) is 1. The molecule has 0 aliphatic heterocycles. The highest BCUT2D eigenvalue weighted by Crippen LogP contribution is 2.26. The van der Waals surface area contributed by atoms with Crippen LogP contribution in [0, 0.1) is 17.1 Å². The quantitative estimate of drug-likeness (QED) is 0.508. The van der Waals surface area contributed by atoms with Gasteiger partial charge in [-0.15, -0.1) is 5.10 Å². The van der Waals surface area contributed by atoms with E-state index < -0.39 is 5.82 Å². The summed E-state index contributed by atoms with van der Waals surface area (Å²) in [5.41, 5.74) is 9.00. The summed E-state index contributed by atoms with van der Waals surface area (Å²) < 4.78 is 21.1. The van der Waals surface area contributed by atoms with Crippen molar-refractivity contribution in [1.82, 2.24) is 29.9 Å². The smallest absolute Gasteiger partial charge is 0.221 e. The molecule has 2 N–H and O–H groups in total. The molecular weight excluding hydrogens is 399 g/mol. The molecule has 0 aliphatic carbocycles. The third-order valence-electron chi connectivity index (χ3n) is 4.40. The van der Waals surface area contributed by atoms with E-state index in [9.17, 15) is 4.39 Å². The number of benzene rings is 1. The normalized spacial score (nSPS) is 10.7. The molecule has 0 saturated heterocycles. The van der Waals surface area contributed by atoms with Crippen molar-refractivity contribution in [2.24, 2.45) is 0 Å². The molecule has 1 aromatic carbocycles. The molecule has 0 aliphatic rings. The van der Waals surface area contributed by atoms with Gasteiger partial charge in [-0.2, -0.15) is 5.26 Å². The lowest BCUT2D eigenvalue weighted by molar-refractivity contribution is 0.181. The van der Waals surface area contributed by atoms with Crippen LogP contribution < -0.4 is 5.73 Å². The maximum Gasteiger partial charge on any atom is 0.221 e. The number of nitrogen functional groups attached to an aromatic ring is 1. The molecule has 0 amide bonds. The van der Waals surface area contributed by atoms with Crippen LogP contribution in [0.4, 0.5) is 10.3 Å². The van der Waals surface area contributed by atoms with Crippen LogP contribution in [0.25, 0.3) is 22.6 Å². The van der Waals surface area contributed by atoms with Crippen LogP contribution in [0.1, 0.15) is 17.0 Å². The van der Waals surface area contributed by atoms with E-state index in [1.165, 1.54) is 18.2 Å². The number of methoxy groups -OCH3 is 1. The summed E-state index contributed by atoms with van der Waals surface area (Å²) in [7, 11) is 1.61. The van der Waals surface area contributed by atoms with E-state index in [0.29, 0.717) is 30.1 Å². The first-order chi connectivity index (χ1) is 15.1. The number of pyridine rings is 1. The molecule has 154 valence electrons. The molecule has 0 radical (unpaired) electrons. The molecule has 10 heteroatoms. The fourth-order valence-electron chi connectivity index (χ4n) is 3.03. The van der Waals surface area contributed by atoms with Crippen molar-refractivity contribution in [2.75, 3.05) is 12.8 Å². The van der Waals surface area contributed by atoms with Crippen LogP contribution in [-0.4, -0.2) is 37.1 Å². The topological polar surface area (TPSA) is 128 Å². The van der Waals surface area contributed by atoms with Gasteiger partial charge in [-0.05, 0) is 36.4 Å². The van der Waals surface area contributed by atoms with Gasteiger partial charge in [0.15, 0.2) is 0 Å². The Balaban J connectivity index is 1.64. The second kappa shape index (κ2) is 8.64. The zero-order valence-electron chi connectivity index (χ0n) is 16.5. The van der Waals surface area contributed by atoms with Crippen molar-refractivity contribution in [3.63, 3.8) is 0 Å². The molecule has 4 rings (SSSR count). The molecule has 31 heavy (non-hydrogen) atoms. The number of hydrogen-bond donors (Lipinski definition) is 1. The summed E-state index contributed by atoms with van der Waals surface area (Å²) in [6.07, 6.45) is 1.69. The summed E-state index contributed by atoms with van der Waals surface area (Å²) >= 11 is 0. The van der Waals surface area contributed by atoms with Gasteiger partial charge in [0.2, 0.25) is 5.95 Å². The second-order valence-electron chi connectivity index (χ2n) is 6.66. The maximum absolute atomic E-state index is 14.3. The average Bonchev–Trinajstić information content (AvgIpc) is 3.23. The number of nitrogens with zero attached hydrogens (tertiary/aromatic N) is 7. The van der Waals surface area contributed by atoms with Crippen molar-refractivity contribution in [3.8, 4) is 28.7 Å². The minimum atomic E-state index is -0.520. The lowest BCUT2D eigenvalue weighted by Crippen LogP contribution is -2.04. The molecule has 0 atom stereocenters. The Morgan fingerprint density at radius 2 is 1.87 bits per heavy atom. The molecule has 3 heterocycles. The van der Waals surface area contributed by atoms with E-state index in [2.05, 4.69) is 25.3 Å². The molecule has 9 nitrogen and oxygen atoms in total. The van der Waals surface area contributed by atoms with E-state index in [0.717, 1.165) is 11.4 Å². The van der Waals surface area contributed by atoms with Gasteiger partial charge < -0.3 is 10.5 Å². The van der Waals surface area contributed by atoms with Crippen molar-refractivity contribution in [2.45, 2.75) is 13.2 Å². The van der Waals surface area contributed by atoms with E-state index in [1.54, 1.807) is 24.1 Å². The fraction of sp³-hybridized carbons (Fsp3) is 0.143. The number of nitriles is 1. The highest BCUT2D eigenvalue weighted by molar-refractivity contribution is 5.68. The van der Waals surface area contributed by atoms with Gasteiger partial charge in [0.25, 0.3) is 0 Å². The van der Waals surface area contributed by atoms with Crippen LogP contribution >= 0.6 is 0 Å². The number of hydrogen-bond acceptors (Lipinski definition) is 8. The van der Waals surface area contributed by atoms with Crippen LogP contribution in [-0.2, 0) is 17.9 Å². The monoisotopic (exact) mass is 416 g/mol. The minimum absolute atomic E-state index is 0.0438. The predicted octanol–water partition coefficient (Wildman–Crippen LogP) is 2.58. The zero-order valence-corrected chi connectivity index (χ0v) is 16.5. The lowest BCUT2D eigenvalue weighted by Gasteiger charge is -2.06. The van der Waals surface area contributed by atoms with E-state index in [1.807, 2.05) is 24.3 Å². The molecule has 0 bridgehead atoms. The van der Waals surface area contributed by atoms with Crippen LogP contribution in [0.15, 0.2) is 48.7 Å². The summed E-state index contributed by atoms with van der Waals surface area (Å²) in [4.78, 5) is 12.8. The third kappa shape index (κ3) is 4.52. The first-order valence-corrected chi connectivity index (χ1v) is 9.24. The molecule has 0 fully saturated rings. The predicted molar refractivity (Wildman–Crippen MR) is 110 cm³/mol. The molecule has 0 saturated carbocycles. The van der Waals surface area contributed by atoms with Crippen molar-refractivity contribution >= 4 is 5.95 Å². The second-order valence-corrected chi connectivity index (χ2v) is 6.66. The summed E-state index contributed by atoms with van der Waals surface area (Å²) in [6, 6.07) is 13.2. The number of halogens is 1. The molecule has 4 aromatic rings. The Kier molecular flexibility index (Phi) is 5.59. The number of anilines is 1. The largest absolute Gasteiger partial charge is 0.378 e. The third-order valence-corrected chi connectivity index (χ3v) is 4.40. The Labute approximate surface area is 177 Å². The van der Waals surface area contributed by atoms with Gasteiger partial charge >= 0.3 is 0 Å². The van der Waals surface area contributed by atoms with Crippen LogP contribution in [0.3, 0.4) is 0 Å². The van der Waals surface area contributed by atoms with Crippen LogP contribution in [0.2, 0.25) is 0 Å². The standard InChI is InChI=1S/C21H17FN8O/c1-31-12-15-4-2-3-14(25-15)10-30-11-20(28-29-30)19-8-18(26-21(24)27-19)16-7-13(9-23)5-6-17(16)22/h2-8,11H,10,12H2,1H3,(H2,24,26,27). The summed E-state index contributed by atoms with van der Waals surface area (Å²) in [6.45, 7) is 0.819. The van der Waals surface area contributed by atoms with Crippen LogP contribution in [0.5, 0.6) is 0 Å². The van der Waals surface area contributed by atoms with Gasteiger partial charge in [-0.1, -0.05) is 11.3 Å². The summed E-state index contributed by atoms with van der Waals surface area (Å²) in [5, 5.41) is 17.4. The van der Waals surface area contributed by atoms with Gasteiger partial charge in [0, 0.05) is 12.7 Å².